The number of hydrogen-bond donors (Lipinski definition) is 2. The summed E-state index contributed by atoms with van der Waals surface area (Å²) >= 11 is 0. The summed E-state index contributed by atoms with van der Waals surface area (Å²) in [7, 11) is 0. The molecule has 2 nitrogen and oxygen atoms in total. The highest BCUT2D eigenvalue weighted by atomic mass is 16.3. The molecule has 0 spiro atoms. The van der Waals surface area contributed by atoms with Crippen molar-refractivity contribution < 1.29 is 5.11 Å². The van der Waals surface area contributed by atoms with Gasteiger partial charge in [-0.15, -0.1) is 0 Å². The van der Waals surface area contributed by atoms with E-state index in [2.05, 4.69) is 36.5 Å². The van der Waals surface area contributed by atoms with Gasteiger partial charge in [-0.2, -0.15) is 0 Å². The first-order valence-corrected chi connectivity index (χ1v) is 6.17. The Morgan fingerprint density at radius 3 is 2.56 bits per heavy atom. The lowest BCUT2D eigenvalue weighted by molar-refractivity contribution is 0.167. The second-order valence-corrected chi connectivity index (χ2v) is 4.37. The van der Waals surface area contributed by atoms with E-state index in [-0.39, 0.29) is 6.10 Å². The largest absolute Gasteiger partial charge is 0.392 e. The summed E-state index contributed by atoms with van der Waals surface area (Å²) < 4.78 is 0. The van der Waals surface area contributed by atoms with Gasteiger partial charge in [0.05, 0.1) is 6.10 Å². The van der Waals surface area contributed by atoms with Crippen LogP contribution in [-0.2, 0) is 0 Å². The first kappa shape index (κ1) is 13.2. The number of rotatable bonds is 7. The van der Waals surface area contributed by atoms with Crippen LogP contribution in [-0.4, -0.2) is 24.3 Å². The van der Waals surface area contributed by atoms with Crippen LogP contribution >= 0.6 is 0 Å². The molecule has 1 aromatic rings. The summed E-state index contributed by atoms with van der Waals surface area (Å²) in [4.78, 5) is 0. The molecule has 0 bridgehead atoms. The van der Waals surface area contributed by atoms with Crippen molar-refractivity contribution in [3.8, 4) is 0 Å². The predicted molar refractivity (Wildman–Crippen MR) is 68.6 cm³/mol. The Balaban J connectivity index is 2.18. The third-order valence-electron chi connectivity index (χ3n) is 2.97. The Kier molecular flexibility index (Phi) is 6.12. The van der Waals surface area contributed by atoms with Gasteiger partial charge in [0.1, 0.15) is 0 Å². The smallest absolute Gasteiger partial charge is 0.0662 e. The third kappa shape index (κ3) is 4.77. The van der Waals surface area contributed by atoms with E-state index in [1.807, 2.05) is 13.0 Å². The molecule has 2 N–H and O–H groups in total. The van der Waals surface area contributed by atoms with Crippen molar-refractivity contribution in [2.45, 2.75) is 38.7 Å². The van der Waals surface area contributed by atoms with Gasteiger partial charge in [-0.25, -0.2) is 0 Å². The maximum absolute atomic E-state index is 9.38. The average molecular weight is 221 g/mol. The van der Waals surface area contributed by atoms with Crippen molar-refractivity contribution in [3.05, 3.63) is 35.9 Å². The van der Waals surface area contributed by atoms with Gasteiger partial charge in [0.2, 0.25) is 0 Å². The molecule has 2 unspecified atom stereocenters. The minimum Gasteiger partial charge on any atom is -0.392 e. The molecule has 0 aliphatic carbocycles. The molecule has 0 aromatic heterocycles. The van der Waals surface area contributed by atoms with Crippen molar-refractivity contribution in [1.82, 2.24) is 5.32 Å². The Morgan fingerprint density at radius 2 is 1.94 bits per heavy atom. The molecule has 1 aromatic carbocycles. The molecule has 1 rings (SSSR count). The third-order valence-corrected chi connectivity index (χ3v) is 2.97. The van der Waals surface area contributed by atoms with Gasteiger partial charge in [-0.1, -0.05) is 44.2 Å². The van der Waals surface area contributed by atoms with Crippen LogP contribution in [0.4, 0.5) is 0 Å². The lowest BCUT2D eigenvalue weighted by atomic mass is 9.98. The van der Waals surface area contributed by atoms with E-state index in [1.165, 1.54) is 5.56 Å². The fraction of sp³-hybridized carbons (Fsp3) is 0.571. The summed E-state index contributed by atoms with van der Waals surface area (Å²) in [5, 5.41) is 12.7. The van der Waals surface area contributed by atoms with E-state index in [4.69, 9.17) is 0 Å². The first-order valence-electron chi connectivity index (χ1n) is 6.17. The molecule has 0 aliphatic heterocycles. The normalized spacial score (nSPS) is 14.7. The van der Waals surface area contributed by atoms with Crippen LogP contribution in [0, 0.1) is 0 Å². The molecule has 0 fully saturated rings. The van der Waals surface area contributed by atoms with Crippen molar-refractivity contribution in [2.24, 2.45) is 0 Å². The minimum absolute atomic E-state index is 0.202. The van der Waals surface area contributed by atoms with Gasteiger partial charge in [-0.3, -0.25) is 0 Å². The first-order chi connectivity index (χ1) is 7.74. The van der Waals surface area contributed by atoms with Crippen LogP contribution in [0.2, 0.25) is 0 Å². The Labute approximate surface area is 98.7 Å². The summed E-state index contributed by atoms with van der Waals surface area (Å²) in [6.07, 6.45) is 1.73. The zero-order valence-corrected chi connectivity index (χ0v) is 10.3. The van der Waals surface area contributed by atoms with E-state index in [9.17, 15) is 5.11 Å². The van der Waals surface area contributed by atoms with Gasteiger partial charge in [0.15, 0.2) is 0 Å². The zero-order chi connectivity index (χ0) is 11.8. The maximum atomic E-state index is 9.38. The molecule has 0 aliphatic rings. The van der Waals surface area contributed by atoms with E-state index in [0.29, 0.717) is 12.5 Å². The average Bonchev–Trinajstić information content (AvgIpc) is 2.35. The summed E-state index contributed by atoms with van der Waals surface area (Å²) in [6.45, 7) is 5.91. The topological polar surface area (TPSA) is 32.3 Å². The fourth-order valence-electron chi connectivity index (χ4n) is 1.68. The van der Waals surface area contributed by atoms with Crippen LogP contribution in [0.25, 0.3) is 0 Å². The molecule has 16 heavy (non-hydrogen) atoms. The van der Waals surface area contributed by atoms with Crippen molar-refractivity contribution in [3.63, 3.8) is 0 Å². The molecular weight excluding hydrogens is 198 g/mol. The monoisotopic (exact) mass is 221 g/mol. The number of aliphatic hydroxyl groups excluding tert-OH is 1. The number of nitrogens with one attached hydrogen (secondary N) is 1. The Hall–Kier alpha value is -0.860. The molecule has 90 valence electrons. The second kappa shape index (κ2) is 7.42. The van der Waals surface area contributed by atoms with E-state index in [0.717, 1.165) is 19.4 Å². The molecule has 0 heterocycles. The molecule has 2 atom stereocenters. The van der Waals surface area contributed by atoms with Gasteiger partial charge in [-0.05, 0) is 30.9 Å². The van der Waals surface area contributed by atoms with Crippen molar-refractivity contribution in [2.75, 3.05) is 13.1 Å². The van der Waals surface area contributed by atoms with E-state index >= 15 is 0 Å². The number of benzene rings is 1. The van der Waals surface area contributed by atoms with Crippen molar-refractivity contribution >= 4 is 0 Å². The maximum Gasteiger partial charge on any atom is 0.0662 e. The lowest BCUT2D eigenvalue weighted by Gasteiger charge is -2.13. The predicted octanol–water partition coefficient (Wildman–Crippen LogP) is 2.54. The highest BCUT2D eigenvalue weighted by molar-refractivity contribution is 5.18. The summed E-state index contributed by atoms with van der Waals surface area (Å²) in [5.41, 5.74) is 1.39. The lowest BCUT2D eigenvalue weighted by Crippen LogP contribution is -2.27. The van der Waals surface area contributed by atoms with Gasteiger partial charge in [0.25, 0.3) is 0 Å². The summed E-state index contributed by atoms with van der Waals surface area (Å²) in [6, 6.07) is 10.6. The highest BCUT2D eigenvalue weighted by Gasteiger charge is 2.04. The summed E-state index contributed by atoms with van der Waals surface area (Å²) in [5.74, 6) is 0.576. The fourth-order valence-corrected chi connectivity index (χ4v) is 1.68. The minimum atomic E-state index is -0.202. The molecule has 2 heteroatoms. The van der Waals surface area contributed by atoms with Crippen LogP contribution < -0.4 is 5.32 Å². The van der Waals surface area contributed by atoms with Crippen LogP contribution in [0.15, 0.2) is 30.3 Å². The van der Waals surface area contributed by atoms with Crippen LogP contribution in [0.1, 0.15) is 38.2 Å². The standard InChI is InChI=1S/C14H23NO/c1-3-14(16)11-15-10-9-12(2)13-7-5-4-6-8-13/h4-8,12,14-16H,3,9-11H2,1-2H3. The SMILES string of the molecule is CCC(O)CNCCC(C)c1ccccc1. The van der Waals surface area contributed by atoms with E-state index in [1.54, 1.807) is 0 Å². The molecule has 0 radical (unpaired) electrons. The second-order valence-electron chi connectivity index (χ2n) is 4.37. The van der Waals surface area contributed by atoms with Gasteiger partial charge in [0, 0.05) is 6.54 Å². The Bertz CT molecular complexity index is 273. The number of aliphatic hydroxyl groups is 1. The molecular formula is C14H23NO. The van der Waals surface area contributed by atoms with Crippen LogP contribution in [0.3, 0.4) is 0 Å². The zero-order valence-electron chi connectivity index (χ0n) is 10.3. The van der Waals surface area contributed by atoms with Gasteiger partial charge >= 0.3 is 0 Å². The highest BCUT2D eigenvalue weighted by Crippen LogP contribution is 2.17. The molecule has 0 amide bonds. The molecule has 0 saturated carbocycles. The van der Waals surface area contributed by atoms with Crippen molar-refractivity contribution in [1.29, 1.82) is 0 Å². The van der Waals surface area contributed by atoms with E-state index < -0.39 is 0 Å². The quantitative estimate of drug-likeness (QED) is 0.693. The Morgan fingerprint density at radius 1 is 1.25 bits per heavy atom. The van der Waals surface area contributed by atoms with Crippen LogP contribution in [0.5, 0.6) is 0 Å². The van der Waals surface area contributed by atoms with Gasteiger partial charge < -0.3 is 10.4 Å². The number of hydrogen-bond acceptors (Lipinski definition) is 2. The molecule has 0 saturated heterocycles.